The van der Waals surface area contributed by atoms with Gasteiger partial charge in [0.2, 0.25) is 0 Å². The lowest BCUT2D eigenvalue weighted by Gasteiger charge is -2.47. The second kappa shape index (κ2) is 4.77. The molecule has 1 aliphatic rings. The van der Waals surface area contributed by atoms with Gasteiger partial charge in [-0.3, -0.25) is 0 Å². The van der Waals surface area contributed by atoms with Gasteiger partial charge in [0.15, 0.2) is 0 Å². The van der Waals surface area contributed by atoms with Gasteiger partial charge < -0.3 is 5.11 Å². The van der Waals surface area contributed by atoms with Gasteiger partial charge in [-0.05, 0) is 40.3 Å². The Labute approximate surface area is 120 Å². The lowest BCUT2D eigenvalue weighted by Crippen LogP contribution is -2.45. The smallest absolute Gasteiger partial charge is 0.149 e. The van der Waals surface area contributed by atoms with E-state index < -0.39 is 11.4 Å². The van der Waals surface area contributed by atoms with Gasteiger partial charge in [0.1, 0.15) is 5.82 Å². The zero-order valence-electron chi connectivity index (χ0n) is 10.6. The van der Waals surface area contributed by atoms with Gasteiger partial charge in [-0.25, -0.2) is 4.39 Å². The largest absolute Gasteiger partial charge is 0.384 e. The van der Waals surface area contributed by atoms with E-state index in [2.05, 4.69) is 15.9 Å². The Morgan fingerprint density at radius 3 is 2.50 bits per heavy atom. The average Bonchev–Trinajstić information content (AvgIpc) is 2.30. The SMILES string of the molecule is CC1(C)CCCCC1(O)c1ccc(Br)c(Cl)c1F. The fourth-order valence-corrected chi connectivity index (χ4v) is 3.31. The fourth-order valence-electron chi connectivity index (χ4n) is 2.84. The molecule has 1 saturated carbocycles. The predicted octanol–water partition coefficient (Wildman–Crippen LogP) is 5.03. The van der Waals surface area contributed by atoms with E-state index in [-0.39, 0.29) is 10.4 Å². The maximum atomic E-state index is 14.3. The summed E-state index contributed by atoms with van der Waals surface area (Å²) in [7, 11) is 0. The number of halogens is 3. The van der Waals surface area contributed by atoms with Gasteiger partial charge in [-0.15, -0.1) is 0 Å². The van der Waals surface area contributed by atoms with E-state index in [4.69, 9.17) is 11.6 Å². The van der Waals surface area contributed by atoms with Crippen LogP contribution in [0.5, 0.6) is 0 Å². The summed E-state index contributed by atoms with van der Waals surface area (Å²) in [5.41, 5.74) is -1.16. The molecule has 2 rings (SSSR count). The Balaban J connectivity index is 2.56. The lowest BCUT2D eigenvalue weighted by atomic mass is 9.62. The van der Waals surface area contributed by atoms with Crippen LogP contribution in [0.2, 0.25) is 5.02 Å². The summed E-state index contributed by atoms with van der Waals surface area (Å²) in [6.07, 6.45) is 3.44. The Morgan fingerprint density at radius 2 is 1.89 bits per heavy atom. The molecule has 1 unspecified atom stereocenters. The minimum atomic E-state index is -1.14. The highest BCUT2D eigenvalue weighted by Gasteiger charge is 2.48. The molecule has 1 N–H and O–H groups in total. The third kappa shape index (κ3) is 2.10. The van der Waals surface area contributed by atoms with Crippen LogP contribution in [0.1, 0.15) is 45.1 Å². The van der Waals surface area contributed by atoms with Gasteiger partial charge in [-0.2, -0.15) is 0 Å². The highest BCUT2D eigenvalue weighted by Crippen LogP contribution is 2.51. The zero-order valence-corrected chi connectivity index (χ0v) is 12.9. The first kappa shape index (κ1) is 14.3. The van der Waals surface area contributed by atoms with Gasteiger partial charge in [0.05, 0.1) is 10.6 Å². The van der Waals surface area contributed by atoms with Crippen molar-refractivity contribution < 1.29 is 9.50 Å². The molecule has 0 aliphatic heterocycles. The maximum Gasteiger partial charge on any atom is 0.149 e. The molecule has 1 aromatic rings. The fraction of sp³-hybridized carbons (Fsp3) is 0.571. The quantitative estimate of drug-likeness (QED) is 0.714. The average molecular weight is 336 g/mol. The molecule has 0 aromatic heterocycles. The van der Waals surface area contributed by atoms with E-state index in [1.54, 1.807) is 12.1 Å². The third-order valence-electron chi connectivity index (χ3n) is 4.19. The van der Waals surface area contributed by atoms with Crippen molar-refractivity contribution in [3.8, 4) is 0 Å². The first-order valence-electron chi connectivity index (χ1n) is 6.16. The van der Waals surface area contributed by atoms with Crippen molar-refractivity contribution in [2.24, 2.45) is 5.41 Å². The molecule has 1 aromatic carbocycles. The van der Waals surface area contributed by atoms with Crippen molar-refractivity contribution in [3.05, 3.63) is 33.0 Å². The topological polar surface area (TPSA) is 20.2 Å². The monoisotopic (exact) mass is 334 g/mol. The molecule has 18 heavy (non-hydrogen) atoms. The Morgan fingerprint density at radius 1 is 1.28 bits per heavy atom. The van der Waals surface area contributed by atoms with Crippen molar-refractivity contribution in [1.82, 2.24) is 0 Å². The molecule has 1 aliphatic carbocycles. The summed E-state index contributed by atoms with van der Waals surface area (Å²) in [6.45, 7) is 3.98. The van der Waals surface area contributed by atoms with E-state index in [1.165, 1.54) is 0 Å². The van der Waals surface area contributed by atoms with Crippen molar-refractivity contribution in [1.29, 1.82) is 0 Å². The minimum absolute atomic E-state index is 0.0438. The van der Waals surface area contributed by atoms with Crippen molar-refractivity contribution >= 4 is 27.5 Å². The van der Waals surface area contributed by atoms with Crippen LogP contribution >= 0.6 is 27.5 Å². The first-order valence-corrected chi connectivity index (χ1v) is 7.33. The van der Waals surface area contributed by atoms with Gasteiger partial charge in [0, 0.05) is 10.0 Å². The molecular weight excluding hydrogens is 319 g/mol. The Bertz CT molecular complexity index is 475. The highest BCUT2D eigenvalue weighted by atomic mass is 79.9. The van der Waals surface area contributed by atoms with Crippen LogP contribution in [-0.2, 0) is 5.60 Å². The number of hydrogen-bond acceptors (Lipinski definition) is 1. The molecule has 0 spiro atoms. The second-order valence-corrected chi connectivity index (χ2v) is 6.91. The van der Waals surface area contributed by atoms with E-state index in [9.17, 15) is 9.50 Å². The first-order chi connectivity index (χ1) is 8.29. The number of aliphatic hydroxyl groups is 1. The summed E-state index contributed by atoms with van der Waals surface area (Å²) >= 11 is 9.12. The second-order valence-electron chi connectivity index (χ2n) is 5.67. The molecule has 0 bridgehead atoms. The van der Waals surface area contributed by atoms with Crippen LogP contribution in [-0.4, -0.2) is 5.11 Å². The maximum absolute atomic E-state index is 14.3. The Kier molecular flexibility index (Phi) is 3.79. The molecule has 1 nitrogen and oxygen atoms in total. The Hall–Kier alpha value is -0.120. The van der Waals surface area contributed by atoms with Gasteiger partial charge in [-0.1, -0.05) is 44.4 Å². The minimum Gasteiger partial charge on any atom is -0.384 e. The molecule has 0 radical (unpaired) electrons. The predicted molar refractivity (Wildman–Crippen MR) is 75.3 cm³/mol. The van der Waals surface area contributed by atoms with Crippen LogP contribution in [0, 0.1) is 11.2 Å². The van der Waals surface area contributed by atoms with Crippen LogP contribution in [0.15, 0.2) is 16.6 Å². The van der Waals surface area contributed by atoms with Gasteiger partial charge >= 0.3 is 0 Å². The summed E-state index contributed by atoms with van der Waals surface area (Å²) in [5.74, 6) is -0.511. The number of rotatable bonds is 1. The molecule has 1 atom stereocenters. The number of hydrogen-bond donors (Lipinski definition) is 1. The molecule has 0 saturated heterocycles. The third-order valence-corrected chi connectivity index (χ3v) is 5.45. The normalized spacial score (nSPS) is 27.2. The highest BCUT2D eigenvalue weighted by molar-refractivity contribution is 9.10. The standard InChI is InChI=1S/C14H17BrClFO/c1-13(2)7-3-4-8-14(13,18)9-5-6-10(15)11(16)12(9)17/h5-6,18H,3-4,7-8H2,1-2H3. The van der Waals surface area contributed by atoms with Crippen molar-refractivity contribution in [3.63, 3.8) is 0 Å². The van der Waals surface area contributed by atoms with E-state index in [0.29, 0.717) is 16.5 Å². The van der Waals surface area contributed by atoms with Crippen molar-refractivity contribution in [2.75, 3.05) is 0 Å². The molecule has 4 heteroatoms. The molecule has 0 heterocycles. The van der Waals surface area contributed by atoms with Crippen LogP contribution in [0.3, 0.4) is 0 Å². The number of benzene rings is 1. The molecule has 100 valence electrons. The summed E-state index contributed by atoms with van der Waals surface area (Å²) in [5, 5.41) is 11.0. The van der Waals surface area contributed by atoms with E-state index in [1.807, 2.05) is 13.8 Å². The van der Waals surface area contributed by atoms with Crippen LogP contribution in [0.25, 0.3) is 0 Å². The van der Waals surface area contributed by atoms with Crippen LogP contribution in [0.4, 0.5) is 4.39 Å². The van der Waals surface area contributed by atoms with Crippen LogP contribution < -0.4 is 0 Å². The molecule has 1 fully saturated rings. The van der Waals surface area contributed by atoms with E-state index in [0.717, 1.165) is 19.3 Å². The summed E-state index contributed by atoms with van der Waals surface area (Å²) < 4.78 is 14.8. The molecule has 0 amide bonds. The zero-order chi connectivity index (χ0) is 13.6. The van der Waals surface area contributed by atoms with Gasteiger partial charge in [0.25, 0.3) is 0 Å². The summed E-state index contributed by atoms with van der Waals surface area (Å²) in [6, 6.07) is 3.34. The lowest BCUT2D eigenvalue weighted by molar-refractivity contribution is -0.106. The summed E-state index contributed by atoms with van der Waals surface area (Å²) in [4.78, 5) is 0. The van der Waals surface area contributed by atoms with Crippen molar-refractivity contribution in [2.45, 2.75) is 45.1 Å². The molecular formula is C14H17BrClFO. The van der Waals surface area contributed by atoms with E-state index >= 15 is 0 Å².